The quantitative estimate of drug-likeness (QED) is 0.269. The van der Waals surface area contributed by atoms with Crippen molar-refractivity contribution in [1.29, 1.82) is 0 Å². The number of primary amides is 1. The molecule has 1 saturated heterocycles. The van der Waals surface area contributed by atoms with Crippen molar-refractivity contribution in [3.63, 3.8) is 0 Å². The smallest absolute Gasteiger partial charge is 0.305 e. The summed E-state index contributed by atoms with van der Waals surface area (Å²) in [6.07, 6.45) is 9.82. The van der Waals surface area contributed by atoms with Crippen LogP contribution < -0.4 is 5.73 Å². The SMILES string of the molecule is COC(=O)CCc1cccc(Cc2cc(CN3CCCCC3)cc3ccncc23)c1.NC(=O)c1c(F)cccc1F. The molecule has 1 amide bonds. The lowest BCUT2D eigenvalue weighted by molar-refractivity contribution is -0.140. The third-order valence-corrected chi connectivity index (χ3v) is 7.20. The summed E-state index contributed by atoms with van der Waals surface area (Å²) in [5, 5.41) is 2.48. The van der Waals surface area contributed by atoms with Crippen molar-refractivity contribution in [3.05, 3.63) is 113 Å². The highest BCUT2D eigenvalue weighted by atomic mass is 19.1. The fraction of sp³-hybridized carbons (Fsp3) is 0.303. The second-order valence-corrected chi connectivity index (χ2v) is 10.2. The Hall–Kier alpha value is -4.17. The van der Waals surface area contributed by atoms with Gasteiger partial charge in [-0.05, 0) is 90.7 Å². The molecule has 214 valence electrons. The Morgan fingerprint density at radius 2 is 1.63 bits per heavy atom. The highest BCUT2D eigenvalue weighted by molar-refractivity contribution is 5.93. The number of carbonyl (C=O) groups excluding carboxylic acids is 2. The molecule has 0 spiro atoms. The molecule has 0 aliphatic carbocycles. The van der Waals surface area contributed by atoms with E-state index in [1.54, 1.807) is 0 Å². The van der Waals surface area contributed by atoms with Crippen LogP contribution in [-0.4, -0.2) is 42.0 Å². The van der Waals surface area contributed by atoms with E-state index in [0.717, 1.165) is 31.2 Å². The van der Waals surface area contributed by atoms with Crippen molar-refractivity contribution in [2.24, 2.45) is 5.73 Å². The van der Waals surface area contributed by atoms with Gasteiger partial charge in [-0.15, -0.1) is 0 Å². The molecule has 1 aliphatic rings. The van der Waals surface area contributed by atoms with Gasteiger partial charge in [0.05, 0.1) is 7.11 Å². The lowest BCUT2D eigenvalue weighted by Crippen LogP contribution is -2.29. The minimum Gasteiger partial charge on any atom is -0.469 e. The van der Waals surface area contributed by atoms with Gasteiger partial charge in [0.2, 0.25) is 0 Å². The summed E-state index contributed by atoms with van der Waals surface area (Å²) < 4.78 is 29.9. The number of carbonyl (C=O) groups is 2. The second-order valence-electron chi connectivity index (χ2n) is 10.2. The predicted molar refractivity (Wildman–Crippen MR) is 155 cm³/mol. The number of benzene rings is 3. The van der Waals surface area contributed by atoms with Crippen LogP contribution in [-0.2, 0) is 28.9 Å². The molecule has 2 heterocycles. The van der Waals surface area contributed by atoms with Crippen LogP contribution in [0.25, 0.3) is 10.8 Å². The van der Waals surface area contributed by atoms with Crippen molar-refractivity contribution in [2.75, 3.05) is 20.2 Å². The number of halogens is 2. The zero-order chi connectivity index (χ0) is 29.2. The Kier molecular flexibility index (Phi) is 10.5. The normalized spacial score (nSPS) is 13.3. The van der Waals surface area contributed by atoms with Crippen molar-refractivity contribution >= 4 is 22.6 Å². The number of aromatic nitrogens is 1. The summed E-state index contributed by atoms with van der Waals surface area (Å²) in [6.45, 7) is 3.42. The van der Waals surface area contributed by atoms with Crippen molar-refractivity contribution < 1.29 is 23.1 Å². The van der Waals surface area contributed by atoms with Gasteiger partial charge in [-0.25, -0.2) is 8.78 Å². The van der Waals surface area contributed by atoms with E-state index in [0.29, 0.717) is 12.8 Å². The number of ether oxygens (including phenoxy) is 1. The van der Waals surface area contributed by atoms with E-state index < -0.39 is 23.1 Å². The molecular weight excluding hydrogens is 524 g/mol. The number of hydrogen-bond donors (Lipinski definition) is 1. The average molecular weight is 560 g/mol. The maximum atomic E-state index is 12.6. The highest BCUT2D eigenvalue weighted by Crippen LogP contribution is 2.25. The summed E-state index contributed by atoms with van der Waals surface area (Å²) in [6, 6.07) is 18.5. The Bertz CT molecular complexity index is 1480. The largest absolute Gasteiger partial charge is 0.469 e. The number of piperidine rings is 1. The van der Waals surface area contributed by atoms with E-state index in [-0.39, 0.29) is 5.97 Å². The van der Waals surface area contributed by atoms with Gasteiger partial charge in [-0.1, -0.05) is 42.8 Å². The minimum atomic E-state index is -1.10. The van der Waals surface area contributed by atoms with Crippen LogP contribution in [0.5, 0.6) is 0 Å². The molecule has 8 heteroatoms. The standard InChI is InChI=1S/C26H30N2O2.C7H5F2NO/c1-30-26(29)9-8-20-6-5-7-21(14-20)15-24-17-22(19-28-12-3-2-4-13-28)16-23-10-11-27-18-25(23)24;8-4-2-1-3-5(9)6(4)7(10)11/h5-7,10-11,14,16-18H,2-4,8-9,12-13,15,19H2,1H3;1-3H,(H2,10,11). The average Bonchev–Trinajstić information content (AvgIpc) is 2.97. The Labute approximate surface area is 239 Å². The summed E-state index contributed by atoms with van der Waals surface area (Å²) in [7, 11) is 1.44. The van der Waals surface area contributed by atoms with Crippen LogP contribution in [0.15, 0.2) is 73.1 Å². The molecule has 6 nitrogen and oxygen atoms in total. The molecule has 0 bridgehead atoms. The van der Waals surface area contributed by atoms with Crippen molar-refractivity contribution in [3.8, 4) is 0 Å². The number of hydrogen-bond acceptors (Lipinski definition) is 5. The number of likely N-dealkylation sites (tertiary alicyclic amines) is 1. The molecule has 3 aromatic carbocycles. The zero-order valence-electron chi connectivity index (χ0n) is 23.2. The number of nitrogens with two attached hydrogens (primary N) is 1. The number of esters is 1. The van der Waals surface area contributed by atoms with Gasteiger partial charge in [0.15, 0.2) is 0 Å². The molecular formula is C33H35F2N3O3. The van der Waals surface area contributed by atoms with Gasteiger partial charge < -0.3 is 10.5 Å². The van der Waals surface area contributed by atoms with Gasteiger partial charge in [0.25, 0.3) is 5.91 Å². The number of pyridine rings is 1. The van der Waals surface area contributed by atoms with Gasteiger partial charge in [0.1, 0.15) is 17.2 Å². The van der Waals surface area contributed by atoms with Gasteiger partial charge in [-0.2, -0.15) is 0 Å². The number of aryl methyl sites for hydroxylation is 1. The molecule has 2 N–H and O–H groups in total. The second kappa shape index (κ2) is 14.5. The van der Waals surface area contributed by atoms with Crippen molar-refractivity contribution in [2.45, 2.75) is 45.1 Å². The van der Waals surface area contributed by atoms with E-state index in [4.69, 9.17) is 10.5 Å². The van der Waals surface area contributed by atoms with Gasteiger partial charge in [-0.3, -0.25) is 19.5 Å². The van der Waals surface area contributed by atoms with E-state index in [1.807, 2.05) is 12.4 Å². The van der Waals surface area contributed by atoms with E-state index >= 15 is 0 Å². The topological polar surface area (TPSA) is 85.5 Å². The molecule has 1 fully saturated rings. The zero-order valence-corrected chi connectivity index (χ0v) is 23.2. The minimum absolute atomic E-state index is 0.164. The van der Waals surface area contributed by atoms with Crippen molar-refractivity contribution in [1.82, 2.24) is 9.88 Å². The molecule has 0 radical (unpaired) electrons. The molecule has 41 heavy (non-hydrogen) atoms. The maximum absolute atomic E-state index is 12.6. The predicted octanol–water partition coefficient (Wildman–Crippen LogP) is 5.98. The van der Waals surface area contributed by atoms with Gasteiger partial charge >= 0.3 is 5.97 Å². The maximum Gasteiger partial charge on any atom is 0.305 e. The number of amides is 1. The third-order valence-electron chi connectivity index (χ3n) is 7.20. The Morgan fingerprint density at radius 1 is 0.927 bits per heavy atom. The van der Waals surface area contributed by atoms with E-state index in [2.05, 4.69) is 52.3 Å². The molecule has 1 aliphatic heterocycles. The molecule has 0 unspecified atom stereocenters. The lowest BCUT2D eigenvalue weighted by atomic mass is 9.95. The number of nitrogens with zero attached hydrogens (tertiary/aromatic N) is 2. The molecule has 0 atom stereocenters. The summed E-state index contributed by atoms with van der Waals surface area (Å²) in [5.74, 6) is -3.13. The molecule has 1 aromatic heterocycles. The summed E-state index contributed by atoms with van der Waals surface area (Å²) >= 11 is 0. The van der Waals surface area contributed by atoms with Crippen LogP contribution in [0.2, 0.25) is 0 Å². The monoisotopic (exact) mass is 559 g/mol. The molecule has 5 rings (SSSR count). The van der Waals surface area contributed by atoms with Crippen LogP contribution >= 0.6 is 0 Å². The van der Waals surface area contributed by atoms with Crippen LogP contribution in [0.4, 0.5) is 8.78 Å². The number of methoxy groups -OCH3 is 1. The molecule has 4 aromatic rings. The Morgan fingerprint density at radius 3 is 2.32 bits per heavy atom. The fourth-order valence-electron chi connectivity index (χ4n) is 5.15. The van der Waals surface area contributed by atoms with E-state index in [9.17, 15) is 18.4 Å². The number of rotatable bonds is 8. The first-order chi connectivity index (χ1) is 19.8. The van der Waals surface area contributed by atoms with E-state index in [1.165, 1.54) is 72.5 Å². The molecule has 0 saturated carbocycles. The van der Waals surface area contributed by atoms with Crippen LogP contribution in [0, 0.1) is 11.6 Å². The number of fused-ring (bicyclic) bond motifs is 1. The first-order valence-corrected chi connectivity index (χ1v) is 13.8. The Balaban J connectivity index is 0.000000296. The van der Waals surface area contributed by atoms with Crippen LogP contribution in [0.3, 0.4) is 0 Å². The summed E-state index contributed by atoms with van der Waals surface area (Å²) in [5.41, 5.74) is 9.14. The lowest BCUT2D eigenvalue weighted by Gasteiger charge is -2.26. The summed E-state index contributed by atoms with van der Waals surface area (Å²) in [4.78, 5) is 28.8. The third kappa shape index (κ3) is 8.41. The highest BCUT2D eigenvalue weighted by Gasteiger charge is 2.14. The van der Waals surface area contributed by atoms with Crippen LogP contribution in [0.1, 0.15) is 58.3 Å². The first kappa shape index (κ1) is 29.8. The van der Waals surface area contributed by atoms with Gasteiger partial charge in [0, 0.05) is 30.7 Å². The first-order valence-electron chi connectivity index (χ1n) is 13.8. The fourth-order valence-corrected chi connectivity index (χ4v) is 5.15.